The molecule has 4 aromatic carbocycles. The molecule has 0 radical (unpaired) electrons. The number of aliphatic imine (C=N–C) groups is 2. The van der Waals surface area contributed by atoms with Crippen molar-refractivity contribution in [1.82, 2.24) is 0 Å². The van der Waals surface area contributed by atoms with Crippen molar-refractivity contribution in [2.45, 2.75) is 19.3 Å². The number of benzene rings is 4. The number of para-hydroxylation sites is 2. The van der Waals surface area contributed by atoms with Crippen LogP contribution in [0, 0.1) is 0 Å². The van der Waals surface area contributed by atoms with E-state index < -0.39 is 0 Å². The predicted octanol–water partition coefficient (Wildman–Crippen LogP) is 6.92. The molecule has 0 unspecified atom stereocenters. The molecule has 0 saturated heterocycles. The molecule has 5 heteroatoms. The average Bonchev–Trinajstić information content (AvgIpc) is 2.83. The number of hydrogen-bond donors (Lipinski definition) is 2. The van der Waals surface area contributed by atoms with Gasteiger partial charge in [-0.3, -0.25) is 9.98 Å². The molecule has 4 aromatic rings. The predicted molar refractivity (Wildman–Crippen MR) is 136 cm³/mol. The van der Waals surface area contributed by atoms with Crippen LogP contribution in [0.5, 0.6) is 11.5 Å². The fourth-order valence-corrected chi connectivity index (χ4v) is 3.58. The van der Waals surface area contributed by atoms with Crippen LogP contribution >= 0.6 is 0 Å². The quantitative estimate of drug-likeness (QED) is 0.223. The molecule has 0 saturated carbocycles. The van der Waals surface area contributed by atoms with Gasteiger partial charge in [0.05, 0.1) is 11.4 Å². The summed E-state index contributed by atoms with van der Waals surface area (Å²) >= 11 is 0. The number of rotatable bonds is 6. The van der Waals surface area contributed by atoms with Gasteiger partial charge in [0.15, 0.2) is 0 Å². The van der Waals surface area contributed by atoms with Crippen LogP contribution in [0.4, 0.5) is 11.4 Å². The number of phenols is 2. The van der Waals surface area contributed by atoms with Gasteiger partial charge < -0.3 is 10.2 Å². The minimum atomic E-state index is -0.195. The van der Waals surface area contributed by atoms with Crippen LogP contribution in [0.1, 0.15) is 36.1 Å². The molecule has 4 nitrogen and oxygen atoms in total. The maximum atomic E-state index is 9.88. The van der Waals surface area contributed by atoms with E-state index in [1.807, 2.05) is 48.5 Å². The first-order valence-electron chi connectivity index (χ1n) is 10.8. The molecule has 34 heavy (non-hydrogen) atoms. The van der Waals surface area contributed by atoms with Gasteiger partial charge in [-0.15, -0.1) is 0 Å². The summed E-state index contributed by atoms with van der Waals surface area (Å²) in [5, 5.41) is 19.8. The summed E-state index contributed by atoms with van der Waals surface area (Å²) in [6.45, 7) is 4.38. The number of hydrogen-bond acceptors (Lipinski definition) is 4. The van der Waals surface area contributed by atoms with E-state index in [1.165, 1.54) is 11.1 Å². The van der Waals surface area contributed by atoms with Gasteiger partial charge in [0.1, 0.15) is 11.5 Å². The van der Waals surface area contributed by atoms with E-state index in [9.17, 15) is 10.2 Å². The molecule has 0 bridgehead atoms. The van der Waals surface area contributed by atoms with E-state index >= 15 is 0 Å². The first-order valence-corrected chi connectivity index (χ1v) is 10.8. The first kappa shape index (κ1) is 25.1. The Morgan fingerprint density at radius 2 is 0.912 bits per heavy atom. The molecule has 0 atom stereocenters. The molecule has 0 aliphatic heterocycles. The SMILES string of the molecule is CC(C)(c1ccc(N=Cc2ccccc2O)cc1)c1ccc(N=Cc2ccccc2O)cc1.[Zn]. The van der Waals surface area contributed by atoms with E-state index in [1.54, 1.807) is 36.7 Å². The maximum absolute atomic E-state index is 9.88. The fraction of sp³-hybridized carbons (Fsp3) is 0.103. The van der Waals surface area contributed by atoms with E-state index in [0.29, 0.717) is 11.1 Å². The average molecular weight is 500 g/mol. The molecule has 0 aromatic heterocycles. The van der Waals surface area contributed by atoms with Crippen LogP contribution in [0.3, 0.4) is 0 Å². The Morgan fingerprint density at radius 1 is 0.559 bits per heavy atom. The molecular weight excluding hydrogens is 474 g/mol. The number of aromatic hydroxyl groups is 2. The Labute approximate surface area is 213 Å². The van der Waals surface area contributed by atoms with E-state index in [2.05, 4.69) is 48.1 Å². The molecule has 0 aliphatic rings. The summed E-state index contributed by atoms with van der Waals surface area (Å²) in [6.07, 6.45) is 3.34. The molecule has 0 fully saturated rings. The Hall–Kier alpha value is -3.56. The topological polar surface area (TPSA) is 65.2 Å². The van der Waals surface area contributed by atoms with E-state index in [-0.39, 0.29) is 36.4 Å². The summed E-state index contributed by atoms with van der Waals surface area (Å²) in [6, 6.07) is 30.5. The molecule has 0 heterocycles. The van der Waals surface area contributed by atoms with Crippen molar-refractivity contribution < 1.29 is 29.7 Å². The minimum Gasteiger partial charge on any atom is -0.507 e. The van der Waals surface area contributed by atoms with Crippen molar-refractivity contribution in [1.29, 1.82) is 0 Å². The Balaban J connectivity index is 0.00000324. The normalized spacial score (nSPS) is 11.6. The van der Waals surface area contributed by atoms with Crippen molar-refractivity contribution in [3.63, 3.8) is 0 Å². The zero-order chi connectivity index (χ0) is 23.3. The Morgan fingerprint density at radius 3 is 1.26 bits per heavy atom. The summed E-state index contributed by atoms with van der Waals surface area (Å²) in [7, 11) is 0. The minimum absolute atomic E-state index is 0. The third kappa shape index (κ3) is 5.86. The largest absolute Gasteiger partial charge is 0.507 e. The van der Waals surface area contributed by atoms with Crippen molar-refractivity contribution in [3.8, 4) is 11.5 Å². The van der Waals surface area contributed by atoms with Gasteiger partial charge in [0.25, 0.3) is 0 Å². The summed E-state index contributed by atoms with van der Waals surface area (Å²) in [5.74, 6) is 0.430. The van der Waals surface area contributed by atoms with Crippen LogP contribution in [0.15, 0.2) is 107 Å². The van der Waals surface area contributed by atoms with E-state index in [4.69, 9.17) is 0 Å². The first-order chi connectivity index (χ1) is 15.9. The van der Waals surface area contributed by atoms with Gasteiger partial charge in [-0.25, -0.2) is 0 Å². The Kier molecular flexibility index (Phi) is 8.14. The van der Waals surface area contributed by atoms with Crippen molar-refractivity contribution in [2.75, 3.05) is 0 Å². The van der Waals surface area contributed by atoms with Gasteiger partial charge in [-0.2, -0.15) is 0 Å². The third-order valence-corrected chi connectivity index (χ3v) is 5.76. The van der Waals surface area contributed by atoms with Crippen LogP contribution in [0.25, 0.3) is 0 Å². The van der Waals surface area contributed by atoms with Gasteiger partial charge >= 0.3 is 0 Å². The second-order valence-corrected chi connectivity index (χ2v) is 8.35. The van der Waals surface area contributed by atoms with Crippen molar-refractivity contribution >= 4 is 23.8 Å². The maximum Gasteiger partial charge on any atom is 0.124 e. The summed E-state index contributed by atoms with van der Waals surface area (Å²) in [4.78, 5) is 8.96. The van der Waals surface area contributed by atoms with Gasteiger partial charge in [0.2, 0.25) is 0 Å². The van der Waals surface area contributed by atoms with Gasteiger partial charge in [-0.1, -0.05) is 62.4 Å². The van der Waals surface area contributed by atoms with Crippen LogP contribution in [-0.4, -0.2) is 22.6 Å². The zero-order valence-corrected chi connectivity index (χ0v) is 22.4. The molecule has 0 spiro atoms. The molecule has 0 amide bonds. The van der Waals surface area contributed by atoms with Crippen LogP contribution in [0.2, 0.25) is 0 Å². The molecule has 2 N–H and O–H groups in total. The summed E-state index contributed by atoms with van der Waals surface area (Å²) < 4.78 is 0. The number of nitrogens with zero attached hydrogens (tertiary/aromatic N) is 2. The van der Waals surface area contributed by atoms with Gasteiger partial charge in [0, 0.05) is 48.4 Å². The zero-order valence-electron chi connectivity index (χ0n) is 19.4. The van der Waals surface area contributed by atoms with Crippen molar-refractivity contribution in [2.24, 2.45) is 9.98 Å². The van der Waals surface area contributed by atoms with Crippen LogP contribution < -0.4 is 0 Å². The molecule has 166 valence electrons. The third-order valence-electron chi connectivity index (χ3n) is 5.76. The van der Waals surface area contributed by atoms with Gasteiger partial charge in [-0.05, 0) is 59.7 Å². The molecule has 4 rings (SSSR count). The fourth-order valence-electron chi connectivity index (χ4n) is 3.58. The summed E-state index contributed by atoms with van der Waals surface area (Å²) in [5.41, 5.74) is 5.18. The second-order valence-electron chi connectivity index (χ2n) is 8.35. The second kappa shape index (κ2) is 11.0. The monoisotopic (exact) mass is 498 g/mol. The van der Waals surface area contributed by atoms with Crippen molar-refractivity contribution in [3.05, 3.63) is 119 Å². The molecular formula is C29H26N2O2Zn. The number of phenolic OH excluding ortho intramolecular Hbond substituents is 2. The van der Waals surface area contributed by atoms with E-state index in [0.717, 1.165) is 11.4 Å². The standard InChI is InChI=1S/C29H26N2O2.Zn/c1-29(2,23-11-15-25(16-12-23)30-19-21-7-3-5-9-27(21)32)24-13-17-26(18-14-24)31-20-22-8-4-6-10-28(22)33;/h3-20,32-33H,1-2H3;. The smallest absolute Gasteiger partial charge is 0.124 e. The molecule has 0 aliphatic carbocycles. The Bertz CT molecular complexity index is 1190. The van der Waals surface area contributed by atoms with Crippen LogP contribution in [-0.2, 0) is 24.9 Å².